The molecule has 0 fully saturated rings. The predicted molar refractivity (Wildman–Crippen MR) is 67.8 cm³/mol. The molecule has 1 unspecified atom stereocenters. The molecule has 2 rings (SSSR count). The second-order valence-electron chi connectivity index (χ2n) is 3.80. The zero-order chi connectivity index (χ0) is 11.5. The molecule has 0 amide bonds. The van der Waals surface area contributed by atoms with Gasteiger partial charge in [0.1, 0.15) is 0 Å². The molecule has 0 aromatic carbocycles. The summed E-state index contributed by atoms with van der Waals surface area (Å²) in [4.78, 5) is 1.37. The maximum atomic E-state index is 4.24. The number of hydrogen-bond acceptors (Lipinski definition) is 3. The summed E-state index contributed by atoms with van der Waals surface area (Å²) in [7, 11) is 1.99. The minimum absolute atomic E-state index is 0.253. The van der Waals surface area contributed by atoms with Crippen molar-refractivity contribution in [3.63, 3.8) is 0 Å². The Labute approximate surface area is 100 Å². The molecule has 4 heteroatoms. The molecule has 2 aromatic rings. The van der Waals surface area contributed by atoms with Crippen LogP contribution in [-0.4, -0.2) is 16.3 Å². The van der Waals surface area contributed by atoms with Crippen LogP contribution in [0.1, 0.15) is 29.1 Å². The van der Waals surface area contributed by atoms with Crippen molar-refractivity contribution in [2.45, 2.75) is 19.9 Å². The fourth-order valence-corrected chi connectivity index (χ4v) is 2.68. The molecule has 1 atom stereocenters. The molecule has 16 heavy (non-hydrogen) atoms. The summed E-state index contributed by atoms with van der Waals surface area (Å²) in [5.74, 6) is 0. The number of thiophene rings is 1. The molecule has 3 nitrogen and oxygen atoms in total. The van der Waals surface area contributed by atoms with Gasteiger partial charge in [0.25, 0.3) is 0 Å². The summed E-state index contributed by atoms with van der Waals surface area (Å²) in [6.45, 7) is 5.25. The zero-order valence-corrected chi connectivity index (χ0v) is 10.7. The van der Waals surface area contributed by atoms with Crippen molar-refractivity contribution in [1.82, 2.24) is 15.1 Å². The summed E-state index contributed by atoms with van der Waals surface area (Å²) in [5, 5.41) is 9.90. The first-order chi connectivity index (χ1) is 7.74. The van der Waals surface area contributed by atoms with Crippen molar-refractivity contribution in [1.29, 1.82) is 0 Å². The molecule has 2 heterocycles. The summed E-state index contributed by atoms with van der Waals surface area (Å²) in [6, 6.07) is 4.52. The molecular weight excluding hydrogens is 218 g/mol. The largest absolute Gasteiger partial charge is 0.305 e. The maximum Gasteiger partial charge on any atom is 0.0758 e. The number of nitrogens with zero attached hydrogens (tertiary/aromatic N) is 2. The minimum atomic E-state index is 0.253. The van der Waals surface area contributed by atoms with Crippen LogP contribution in [0.15, 0.2) is 23.7 Å². The lowest BCUT2D eigenvalue weighted by molar-refractivity contribution is 0.572. The van der Waals surface area contributed by atoms with Gasteiger partial charge in [-0.2, -0.15) is 5.10 Å². The Morgan fingerprint density at radius 2 is 2.31 bits per heavy atom. The first-order valence-electron chi connectivity index (χ1n) is 5.49. The molecule has 86 valence electrons. The van der Waals surface area contributed by atoms with E-state index in [1.165, 1.54) is 16.1 Å². The quantitative estimate of drug-likeness (QED) is 0.882. The second-order valence-corrected chi connectivity index (χ2v) is 4.92. The van der Waals surface area contributed by atoms with E-state index in [1.807, 2.05) is 17.9 Å². The highest BCUT2D eigenvalue weighted by Crippen LogP contribution is 2.27. The normalized spacial score (nSPS) is 12.9. The van der Waals surface area contributed by atoms with Gasteiger partial charge in [-0.15, -0.1) is 11.3 Å². The summed E-state index contributed by atoms with van der Waals surface area (Å²) in [5.41, 5.74) is 2.57. The molecule has 0 spiro atoms. The van der Waals surface area contributed by atoms with Crippen LogP contribution in [0.5, 0.6) is 0 Å². The van der Waals surface area contributed by atoms with Crippen LogP contribution in [0.25, 0.3) is 0 Å². The van der Waals surface area contributed by atoms with E-state index < -0.39 is 0 Å². The average molecular weight is 235 g/mol. The Hall–Kier alpha value is -1.13. The van der Waals surface area contributed by atoms with Crippen LogP contribution in [-0.2, 0) is 7.05 Å². The maximum absolute atomic E-state index is 4.24. The highest BCUT2D eigenvalue weighted by atomic mass is 32.1. The number of aromatic nitrogens is 2. The third-order valence-electron chi connectivity index (χ3n) is 2.77. The standard InChI is InChI=1S/C12H17N3S/c1-4-13-12(10-6-8-16-9(10)2)11-5-7-14-15(11)3/h5-8,12-13H,4H2,1-3H3. The van der Waals surface area contributed by atoms with Crippen LogP contribution < -0.4 is 5.32 Å². The smallest absolute Gasteiger partial charge is 0.0758 e. The van der Waals surface area contributed by atoms with E-state index in [9.17, 15) is 0 Å². The van der Waals surface area contributed by atoms with Gasteiger partial charge >= 0.3 is 0 Å². The van der Waals surface area contributed by atoms with Gasteiger partial charge in [-0.3, -0.25) is 4.68 Å². The predicted octanol–water partition coefficient (Wildman–Crippen LogP) is 2.49. The van der Waals surface area contributed by atoms with E-state index in [2.05, 4.69) is 41.8 Å². The molecule has 0 radical (unpaired) electrons. The van der Waals surface area contributed by atoms with E-state index in [-0.39, 0.29) is 6.04 Å². The summed E-state index contributed by atoms with van der Waals surface area (Å²) in [6.07, 6.45) is 1.85. The molecule has 0 saturated carbocycles. The van der Waals surface area contributed by atoms with Crippen LogP contribution in [0, 0.1) is 6.92 Å². The fraction of sp³-hybridized carbons (Fsp3) is 0.417. The van der Waals surface area contributed by atoms with Gasteiger partial charge in [0.15, 0.2) is 0 Å². The Kier molecular flexibility index (Phi) is 3.41. The van der Waals surface area contributed by atoms with Crippen LogP contribution in [0.3, 0.4) is 0 Å². The van der Waals surface area contributed by atoms with Crippen LogP contribution >= 0.6 is 11.3 Å². The van der Waals surface area contributed by atoms with Gasteiger partial charge in [-0.1, -0.05) is 6.92 Å². The molecule has 2 aromatic heterocycles. The first-order valence-corrected chi connectivity index (χ1v) is 6.37. The van der Waals surface area contributed by atoms with Gasteiger partial charge in [0.05, 0.1) is 11.7 Å². The first kappa shape index (κ1) is 11.4. The lowest BCUT2D eigenvalue weighted by atomic mass is 10.1. The highest BCUT2D eigenvalue weighted by Gasteiger charge is 2.18. The number of hydrogen-bond donors (Lipinski definition) is 1. The second kappa shape index (κ2) is 4.80. The number of nitrogens with one attached hydrogen (secondary N) is 1. The van der Waals surface area contributed by atoms with Crippen molar-refractivity contribution >= 4 is 11.3 Å². The SMILES string of the molecule is CCNC(c1ccsc1C)c1ccnn1C. The highest BCUT2D eigenvalue weighted by molar-refractivity contribution is 7.10. The molecule has 0 saturated heterocycles. The van der Waals surface area contributed by atoms with Crippen molar-refractivity contribution in [2.24, 2.45) is 7.05 Å². The van der Waals surface area contributed by atoms with E-state index in [0.29, 0.717) is 0 Å². The number of aryl methyl sites for hydroxylation is 2. The van der Waals surface area contributed by atoms with E-state index in [1.54, 1.807) is 11.3 Å². The lowest BCUT2D eigenvalue weighted by Gasteiger charge is -2.18. The minimum Gasteiger partial charge on any atom is -0.305 e. The molecule has 0 aliphatic rings. The van der Waals surface area contributed by atoms with Gasteiger partial charge < -0.3 is 5.32 Å². The molecule has 1 N–H and O–H groups in total. The number of rotatable bonds is 4. The average Bonchev–Trinajstić information content (AvgIpc) is 2.84. The van der Waals surface area contributed by atoms with E-state index in [4.69, 9.17) is 0 Å². The zero-order valence-electron chi connectivity index (χ0n) is 9.90. The molecular formula is C12H17N3S. The van der Waals surface area contributed by atoms with Gasteiger partial charge in [-0.25, -0.2) is 0 Å². The van der Waals surface area contributed by atoms with Crippen molar-refractivity contribution in [2.75, 3.05) is 6.54 Å². The Balaban J connectivity index is 2.39. The Morgan fingerprint density at radius 3 is 2.81 bits per heavy atom. The van der Waals surface area contributed by atoms with Crippen LogP contribution in [0.2, 0.25) is 0 Å². The van der Waals surface area contributed by atoms with Crippen molar-refractivity contribution in [3.05, 3.63) is 39.8 Å². The molecule has 0 aliphatic heterocycles. The topological polar surface area (TPSA) is 29.9 Å². The van der Waals surface area contributed by atoms with Crippen molar-refractivity contribution < 1.29 is 0 Å². The molecule has 0 aliphatic carbocycles. The van der Waals surface area contributed by atoms with Crippen molar-refractivity contribution in [3.8, 4) is 0 Å². The summed E-state index contributed by atoms with van der Waals surface area (Å²) < 4.78 is 1.93. The van der Waals surface area contributed by atoms with Gasteiger partial charge in [-0.05, 0) is 36.5 Å². The Bertz CT molecular complexity index is 418. The fourth-order valence-electron chi connectivity index (χ4n) is 1.94. The third-order valence-corrected chi connectivity index (χ3v) is 3.63. The Morgan fingerprint density at radius 1 is 1.50 bits per heavy atom. The lowest BCUT2D eigenvalue weighted by Crippen LogP contribution is -2.24. The van der Waals surface area contributed by atoms with Gasteiger partial charge in [0, 0.05) is 18.1 Å². The monoisotopic (exact) mass is 235 g/mol. The summed E-state index contributed by atoms with van der Waals surface area (Å²) >= 11 is 1.79. The molecule has 0 bridgehead atoms. The third kappa shape index (κ3) is 2.03. The van der Waals surface area contributed by atoms with Crippen LogP contribution in [0.4, 0.5) is 0 Å². The van der Waals surface area contributed by atoms with E-state index >= 15 is 0 Å². The van der Waals surface area contributed by atoms with E-state index in [0.717, 1.165) is 6.54 Å². The van der Waals surface area contributed by atoms with Gasteiger partial charge in [0.2, 0.25) is 0 Å².